The molecule has 0 saturated carbocycles. The smallest absolute Gasteiger partial charge is 0.342 e. The number of benzene rings is 1. The lowest BCUT2D eigenvalue weighted by atomic mass is 10.1. The molecule has 7 heteroatoms. The molecule has 0 aliphatic heterocycles. The molecule has 31 heavy (non-hydrogen) atoms. The highest BCUT2D eigenvalue weighted by Gasteiger charge is 2.12. The first kappa shape index (κ1) is 23.0. The van der Waals surface area contributed by atoms with E-state index in [0.717, 1.165) is 46.9 Å². The summed E-state index contributed by atoms with van der Waals surface area (Å²) >= 11 is 1.62. The van der Waals surface area contributed by atoms with Gasteiger partial charge in [0.2, 0.25) is 5.89 Å². The van der Waals surface area contributed by atoms with Crippen molar-refractivity contribution in [3.63, 3.8) is 0 Å². The summed E-state index contributed by atoms with van der Waals surface area (Å²) in [5, 5.41) is 2.02. The quantitative estimate of drug-likeness (QED) is 0.196. The summed E-state index contributed by atoms with van der Waals surface area (Å²) < 4.78 is 11.6. The minimum absolute atomic E-state index is 0.0865. The van der Waals surface area contributed by atoms with Crippen LogP contribution < -0.4 is 4.74 Å². The van der Waals surface area contributed by atoms with Crippen LogP contribution in [0.2, 0.25) is 0 Å². The van der Waals surface area contributed by atoms with E-state index < -0.39 is 0 Å². The molecule has 1 unspecified atom stereocenters. The summed E-state index contributed by atoms with van der Waals surface area (Å²) in [6, 6.07) is 11.8. The van der Waals surface area contributed by atoms with E-state index in [2.05, 4.69) is 4.98 Å². The molecule has 1 atom stereocenters. The number of ether oxygens (including phenoxy) is 1. The lowest BCUT2D eigenvalue weighted by Crippen LogP contribution is -2.13. The van der Waals surface area contributed by atoms with Gasteiger partial charge in [-0.05, 0) is 68.7 Å². The van der Waals surface area contributed by atoms with Gasteiger partial charge in [0.15, 0.2) is 0 Å². The SMILES string of the molecule is CCC(C)OOC(=O)CCc1ccc(OCCCc2nc(-c3cccs3)oc2C)cc1. The molecule has 166 valence electrons. The summed E-state index contributed by atoms with van der Waals surface area (Å²) in [6.45, 7) is 6.38. The molecule has 3 aromatic rings. The average molecular weight is 444 g/mol. The third kappa shape index (κ3) is 7.22. The van der Waals surface area contributed by atoms with E-state index >= 15 is 0 Å². The molecule has 6 nitrogen and oxygen atoms in total. The minimum Gasteiger partial charge on any atom is -0.494 e. The van der Waals surface area contributed by atoms with Crippen LogP contribution in [0.4, 0.5) is 0 Å². The van der Waals surface area contributed by atoms with Gasteiger partial charge in [-0.2, -0.15) is 4.89 Å². The largest absolute Gasteiger partial charge is 0.494 e. The predicted octanol–water partition coefficient (Wildman–Crippen LogP) is 5.93. The van der Waals surface area contributed by atoms with Gasteiger partial charge in [-0.1, -0.05) is 25.1 Å². The summed E-state index contributed by atoms with van der Waals surface area (Å²) in [5.41, 5.74) is 2.03. The summed E-state index contributed by atoms with van der Waals surface area (Å²) in [4.78, 5) is 27.2. The second-order valence-electron chi connectivity index (χ2n) is 7.37. The maximum absolute atomic E-state index is 11.7. The molecule has 2 heterocycles. The zero-order valence-electron chi connectivity index (χ0n) is 18.3. The van der Waals surface area contributed by atoms with Crippen LogP contribution in [0.15, 0.2) is 46.2 Å². The third-order valence-electron chi connectivity index (χ3n) is 4.87. The minimum atomic E-state index is -0.356. The van der Waals surface area contributed by atoms with Gasteiger partial charge in [0, 0.05) is 0 Å². The Morgan fingerprint density at radius 1 is 1.19 bits per heavy atom. The molecule has 2 aromatic heterocycles. The van der Waals surface area contributed by atoms with Crippen molar-refractivity contribution in [2.45, 2.75) is 59.0 Å². The van der Waals surface area contributed by atoms with E-state index in [9.17, 15) is 4.79 Å². The van der Waals surface area contributed by atoms with Crippen LogP contribution in [0.3, 0.4) is 0 Å². The number of oxazole rings is 1. The topological polar surface area (TPSA) is 70.8 Å². The van der Waals surface area contributed by atoms with Gasteiger partial charge in [0.25, 0.3) is 0 Å². The Balaban J connectivity index is 1.36. The first-order chi connectivity index (χ1) is 15.0. The molecule has 0 N–H and O–H groups in total. The number of aromatic nitrogens is 1. The number of rotatable bonds is 12. The van der Waals surface area contributed by atoms with Crippen molar-refractivity contribution < 1.29 is 23.7 Å². The number of carbonyl (C=O) groups is 1. The molecule has 0 aliphatic rings. The molecule has 0 fully saturated rings. The van der Waals surface area contributed by atoms with Gasteiger partial charge in [-0.25, -0.2) is 9.78 Å². The van der Waals surface area contributed by atoms with Crippen molar-refractivity contribution in [1.82, 2.24) is 4.98 Å². The van der Waals surface area contributed by atoms with Gasteiger partial charge >= 0.3 is 5.97 Å². The molecule has 0 amide bonds. The van der Waals surface area contributed by atoms with Gasteiger partial charge in [0.1, 0.15) is 17.6 Å². The highest BCUT2D eigenvalue weighted by Crippen LogP contribution is 2.26. The van der Waals surface area contributed by atoms with Gasteiger partial charge in [-0.15, -0.1) is 11.3 Å². The average Bonchev–Trinajstić information content (AvgIpc) is 3.44. The van der Waals surface area contributed by atoms with Crippen molar-refractivity contribution in [2.24, 2.45) is 0 Å². The van der Waals surface area contributed by atoms with Gasteiger partial charge in [-0.3, -0.25) is 4.89 Å². The van der Waals surface area contributed by atoms with Crippen molar-refractivity contribution in [3.05, 3.63) is 58.8 Å². The van der Waals surface area contributed by atoms with E-state index in [1.54, 1.807) is 11.3 Å². The summed E-state index contributed by atoms with van der Waals surface area (Å²) in [7, 11) is 0. The zero-order valence-corrected chi connectivity index (χ0v) is 19.1. The lowest BCUT2D eigenvalue weighted by Gasteiger charge is -2.09. The number of nitrogens with zero attached hydrogens (tertiary/aromatic N) is 1. The van der Waals surface area contributed by atoms with E-state index in [-0.39, 0.29) is 18.5 Å². The molecule has 0 saturated heterocycles. The maximum atomic E-state index is 11.7. The van der Waals surface area contributed by atoms with Crippen LogP contribution in [0.1, 0.15) is 50.1 Å². The predicted molar refractivity (Wildman–Crippen MR) is 120 cm³/mol. The number of hydrogen-bond acceptors (Lipinski definition) is 7. The molecule has 3 rings (SSSR count). The highest BCUT2D eigenvalue weighted by molar-refractivity contribution is 7.13. The van der Waals surface area contributed by atoms with Gasteiger partial charge in [0.05, 0.1) is 23.6 Å². The standard InChI is InChI=1S/C24H29NO5S/c1-4-17(2)29-30-23(26)14-11-19-9-12-20(13-10-19)27-15-5-7-21-18(3)28-24(25-21)22-8-6-16-31-22/h6,8-10,12-13,16-17H,4-5,7,11,14-15H2,1-3H3. The van der Waals surface area contributed by atoms with Crippen LogP contribution in [-0.4, -0.2) is 23.7 Å². The number of hydrogen-bond donors (Lipinski definition) is 0. The fourth-order valence-corrected chi connectivity index (χ4v) is 3.49. The van der Waals surface area contributed by atoms with Crippen LogP contribution in [-0.2, 0) is 27.4 Å². The second kappa shape index (κ2) is 11.7. The molecule has 0 aliphatic carbocycles. The highest BCUT2D eigenvalue weighted by atomic mass is 32.1. The fourth-order valence-electron chi connectivity index (χ4n) is 2.84. The lowest BCUT2D eigenvalue weighted by molar-refractivity contribution is -0.294. The Bertz CT molecular complexity index is 934. The Morgan fingerprint density at radius 2 is 2.00 bits per heavy atom. The normalized spacial score (nSPS) is 12.0. The van der Waals surface area contributed by atoms with Crippen molar-refractivity contribution in [2.75, 3.05) is 6.61 Å². The van der Waals surface area contributed by atoms with Crippen LogP contribution in [0.5, 0.6) is 5.75 Å². The van der Waals surface area contributed by atoms with Gasteiger partial charge < -0.3 is 9.15 Å². The maximum Gasteiger partial charge on any atom is 0.342 e. The van der Waals surface area contributed by atoms with Crippen LogP contribution in [0, 0.1) is 6.92 Å². The van der Waals surface area contributed by atoms with E-state index in [1.165, 1.54) is 0 Å². The van der Waals surface area contributed by atoms with Crippen molar-refractivity contribution in [1.29, 1.82) is 0 Å². The van der Waals surface area contributed by atoms with E-state index in [1.807, 2.05) is 62.5 Å². The fraction of sp³-hybridized carbons (Fsp3) is 0.417. The van der Waals surface area contributed by atoms with E-state index in [4.69, 9.17) is 18.9 Å². The molecule has 0 spiro atoms. The zero-order chi connectivity index (χ0) is 22.1. The molecular weight excluding hydrogens is 414 g/mol. The van der Waals surface area contributed by atoms with Crippen molar-refractivity contribution >= 4 is 17.3 Å². The van der Waals surface area contributed by atoms with Crippen LogP contribution >= 0.6 is 11.3 Å². The summed E-state index contributed by atoms with van der Waals surface area (Å²) in [5.74, 6) is 2.00. The molecule has 0 bridgehead atoms. The first-order valence-corrected chi connectivity index (χ1v) is 11.5. The monoisotopic (exact) mass is 443 g/mol. The first-order valence-electron chi connectivity index (χ1n) is 10.6. The Kier molecular flexibility index (Phi) is 8.67. The second-order valence-corrected chi connectivity index (χ2v) is 8.31. The number of aryl methyl sites for hydroxylation is 3. The number of carbonyl (C=O) groups excluding carboxylic acids is 1. The Labute approximate surface area is 187 Å². The van der Waals surface area contributed by atoms with Crippen molar-refractivity contribution in [3.8, 4) is 16.5 Å². The third-order valence-corrected chi connectivity index (χ3v) is 5.73. The number of thiophene rings is 1. The van der Waals surface area contributed by atoms with Crippen LogP contribution in [0.25, 0.3) is 10.8 Å². The summed E-state index contributed by atoms with van der Waals surface area (Å²) in [6.07, 6.45) is 3.24. The molecular formula is C24H29NO5S. The molecule has 0 radical (unpaired) electrons. The Hall–Kier alpha value is -2.64. The van der Waals surface area contributed by atoms with E-state index in [0.29, 0.717) is 18.9 Å². The Morgan fingerprint density at radius 3 is 2.71 bits per heavy atom. The molecule has 1 aromatic carbocycles.